The van der Waals surface area contributed by atoms with Gasteiger partial charge in [0.1, 0.15) is 23.7 Å². The Hall–Kier alpha value is -0.580. The van der Waals surface area contributed by atoms with Crippen molar-refractivity contribution in [3.05, 3.63) is 0 Å². The Morgan fingerprint density at radius 1 is 1.18 bits per heavy atom. The summed E-state index contributed by atoms with van der Waals surface area (Å²) in [5.74, 6) is 0.749. The SMILES string of the molecule is NCCCCCCS[C@H]1O[C@H](CO)[C@@H](OC(N)=O)[C@H](O)[C@@H]1O. The molecule has 8 nitrogen and oxygen atoms in total. The first-order chi connectivity index (χ1) is 10.5. The molecule has 0 aromatic carbocycles. The van der Waals surface area contributed by atoms with Crippen molar-refractivity contribution in [2.75, 3.05) is 18.9 Å². The van der Waals surface area contributed by atoms with E-state index in [1.54, 1.807) is 0 Å². The topological polar surface area (TPSA) is 148 Å². The van der Waals surface area contributed by atoms with Crippen molar-refractivity contribution in [1.82, 2.24) is 0 Å². The molecule has 1 aliphatic rings. The standard InChI is InChI=1S/C13H26N2O6S/c14-5-3-1-2-4-6-22-12-10(18)9(17)11(21-13(15)19)8(7-16)20-12/h8-12,16-18H,1-7,14H2,(H2,15,19)/t8-,9-,10+,11-,12-/m1/s1. The van der Waals surface area contributed by atoms with Crippen LogP contribution in [0.3, 0.4) is 0 Å². The lowest BCUT2D eigenvalue weighted by Gasteiger charge is -2.41. The van der Waals surface area contributed by atoms with Gasteiger partial charge in [-0.1, -0.05) is 12.8 Å². The number of amides is 1. The number of rotatable bonds is 9. The second-order valence-corrected chi connectivity index (χ2v) is 6.39. The second kappa shape index (κ2) is 10.2. The first-order valence-electron chi connectivity index (χ1n) is 7.41. The highest BCUT2D eigenvalue weighted by Crippen LogP contribution is 2.30. The van der Waals surface area contributed by atoms with Crippen LogP contribution in [0.5, 0.6) is 0 Å². The zero-order chi connectivity index (χ0) is 16.5. The Morgan fingerprint density at radius 2 is 1.86 bits per heavy atom. The molecule has 0 aromatic rings. The van der Waals surface area contributed by atoms with Crippen molar-refractivity contribution in [2.24, 2.45) is 11.5 Å². The van der Waals surface area contributed by atoms with Crippen molar-refractivity contribution in [3.63, 3.8) is 0 Å². The van der Waals surface area contributed by atoms with Crippen LogP contribution >= 0.6 is 11.8 Å². The minimum absolute atomic E-state index is 0.449. The van der Waals surface area contributed by atoms with E-state index in [4.69, 9.17) is 20.9 Å². The quantitative estimate of drug-likeness (QED) is 0.341. The van der Waals surface area contributed by atoms with Crippen molar-refractivity contribution in [1.29, 1.82) is 0 Å². The molecule has 1 rings (SSSR count). The highest BCUT2D eigenvalue weighted by atomic mass is 32.2. The summed E-state index contributed by atoms with van der Waals surface area (Å²) in [6.07, 6.45) is -1.74. The van der Waals surface area contributed by atoms with E-state index >= 15 is 0 Å². The molecule has 0 aliphatic carbocycles. The summed E-state index contributed by atoms with van der Waals surface area (Å²) in [4.78, 5) is 10.8. The third kappa shape index (κ3) is 5.90. The third-order valence-corrected chi connectivity index (χ3v) is 4.70. The number of aliphatic hydroxyl groups is 3. The van der Waals surface area contributed by atoms with Gasteiger partial charge >= 0.3 is 6.09 Å². The van der Waals surface area contributed by atoms with E-state index in [1.165, 1.54) is 11.8 Å². The number of nitrogens with two attached hydrogens (primary N) is 2. The molecule has 1 fully saturated rings. The predicted molar refractivity (Wildman–Crippen MR) is 82.2 cm³/mol. The molecule has 9 heteroatoms. The summed E-state index contributed by atoms with van der Waals surface area (Å²) in [5, 5.41) is 29.4. The predicted octanol–water partition coefficient (Wildman–Crippen LogP) is -0.858. The van der Waals surface area contributed by atoms with Crippen LogP contribution < -0.4 is 11.5 Å². The number of aliphatic hydroxyl groups excluding tert-OH is 3. The fourth-order valence-corrected chi connectivity index (χ4v) is 3.45. The lowest BCUT2D eigenvalue weighted by molar-refractivity contribution is -0.204. The summed E-state index contributed by atoms with van der Waals surface area (Å²) in [6, 6.07) is 0. The number of thioether (sulfide) groups is 1. The molecular weight excluding hydrogens is 312 g/mol. The Labute approximate surface area is 134 Å². The van der Waals surface area contributed by atoms with Gasteiger partial charge in [-0.3, -0.25) is 0 Å². The maximum atomic E-state index is 10.8. The fourth-order valence-electron chi connectivity index (χ4n) is 2.27. The molecule has 1 heterocycles. The normalized spacial score (nSPS) is 31.9. The highest BCUT2D eigenvalue weighted by molar-refractivity contribution is 7.99. The summed E-state index contributed by atoms with van der Waals surface area (Å²) < 4.78 is 10.2. The zero-order valence-electron chi connectivity index (χ0n) is 12.5. The molecule has 22 heavy (non-hydrogen) atoms. The van der Waals surface area contributed by atoms with Crippen LogP contribution in [0.25, 0.3) is 0 Å². The van der Waals surface area contributed by atoms with Gasteiger partial charge in [-0.25, -0.2) is 4.79 Å². The molecule has 0 spiro atoms. The van der Waals surface area contributed by atoms with Gasteiger partial charge in [0, 0.05) is 0 Å². The molecule has 1 saturated heterocycles. The molecule has 7 N–H and O–H groups in total. The van der Waals surface area contributed by atoms with Crippen molar-refractivity contribution in [3.8, 4) is 0 Å². The Bertz CT molecular complexity index is 334. The van der Waals surface area contributed by atoms with Gasteiger partial charge in [0.25, 0.3) is 0 Å². The van der Waals surface area contributed by atoms with Crippen LogP contribution in [0.15, 0.2) is 0 Å². The van der Waals surface area contributed by atoms with Gasteiger partial charge in [0.2, 0.25) is 0 Å². The van der Waals surface area contributed by atoms with Gasteiger partial charge in [0.05, 0.1) is 6.61 Å². The number of unbranched alkanes of at least 4 members (excludes halogenated alkanes) is 3. The number of hydrogen-bond acceptors (Lipinski definition) is 8. The minimum Gasteiger partial charge on any atom is -0.441 e. The molecule has 1 aliphatic heterocycles. The first kappa shape index (κ1) is 19.5. The highest BCUT2D eigenvalue weighted by Gasteiger charge is 2.46. The fraction of sp³-hybridized carbons (Fsp3) is 0.923. The van der Waals surface area contributed by atoms with Crippen molar-refractivity contribution in [2.45, 2.75) is 55.5 Å². The summed E-state index contributed by atoms with van der Waals surface area (Å²) in [7, 11) is 0. The van der Waals surface area contributed by atoms with E-state index in [0.29, 0.717) is 6.54 Å². The number of carbonyl (C=O) groups excluding carboxylic acids is 1. The maximum absolute atomic E-state index is 10.8. The molecule has 0 saturated carbocycles. The van der Waals surface area contributed by atoms with Gasteiger partial charge in [-0.15, -0.1) is 11.8 Å². The van der Waals surface area contributed by atoms with Crippen molar-refractivity contribution < 1.29 is 29.6 Å². The Morgan fingerprint density at radius 3 is 2.45 bits per heavy atom. The largest absolute Gasteiger partial charge is 0.441 e. The monoisotopic (exact) mass is 338 g/mol. The third-order valence-electron chi connectivity index (χ3n) is 3.45. The second-order valence-electron chi connectivity index (χ2n) is 5.18. The lowest BCUT2D eigenvalue weighted by atomic mass is 10.0. The van der Waals surface area contributed by atoms with Crippen LogP contribution in [0, 0.1) is 0 Å². The molecule has 0 unspecified atom stereocenters. The summed E-state index contributed by atoms with van der Waals surface area (Å²) >= 11 is 1.36. The van der Waals surface area contributed by atoms with Crippen LogP contribution in [0.4, 0.5) is 4.79 Å². The number of carbonyl (C=O) groups is 1. The van der Waals surface area contributed by atoms with Crippen molar-refractivity contribution >= 4 is 17.9 Å². The smallest absolute Gasteiger partial charge is 0.404 e. The Balaban J connectivity index is 2.44. The van der Waals surface area contributed by atoms with Gasteiger partial charge in [0.15, 0.2) is 6.10 Å². The van der Waals surface area contributed by atoms with Gasteiger partial charge < -0.3 is 36.3 Å². The van der Waals surface area contributed by atoms with Gasteiger partial charge in [-0.05, 0) is 25.1 Å². The molecule has 0 aromatic heterocycles. The minimum atomic E-state index is -1.35. The molecule has 0 radical (unpaired) electrons. The molecule has 130 valence electrons. The van der Waals surface area contributed by atoms with Crippen LogP contribution in [-0.4, -0.2) is 70.2 Å². The van der Waals surface area contributed by atoms with E-state index in [1.807, 2.05) is 0 Å². The summed E-state index contributed by atoms with van der Waals surface area (Å²) in [6.45, 7) is 0.235. The maximum Gasteiger partial charge on any atom is 0.404 e. The summed E-state index contributed by atoms with van der Waals surface area (Å²) in [5.41, 5.74) is 9.65. The van der Waals surface area contributed by atoms with E-state index in [-0.39, 0.29) is 0 Å². The zero-order valence-corrected chi connectivity index (χ0v) is 13.3. The Kier molecular flexibility index (Phi) is 9.06. The van der Waals surface area contributed by atoms with Crippen LogP contribution in [0.1, 0.15) is 25.7 Å². The van der Waals surface area contributed by atoms with E-state index < -0.39 is 42.6 Å². The number of primary amides is 1. The lowest BCUT2D eigenvalue weighted by Crippen LogP contribution is -2.59. The van der Waals surface area contributed by atoms with Crippen LogP contribution in [0.2, 0.25) is 0 Å². The van der Waals surface area contributed by atoms with Gasteiger partial charge in [-0.2, -0.15) is 0 Å². The van der Waals surface area contributed by atoms with E-state index in [0.717, 1.165) is 31.4 Å². The average Bonchev–Trinajstić information content (AvgIpc) is 2.49. The molecular formula is C13H26N2O6S. The van der Waals surface area contributed by atoms with Crippen LogP contribution in [-0.2, 0) is 9.47 Å². The van der Waals surface area contributed by atoms with E-state index in [9.17, 15) is 20.1 Å². The average molecular weight is 338 g/mol. The molecule has 0 bridgehead atoms. The molecule has 1 amide bonds. The number of hydrogen-bond donors (Lipinski definition) is 5. The molecule has 5 atom stereocenters. The first-order valence-corrected chi connectivity index (χ1v) is 8.46. The van der Waals surface area contributed by atoms with E-state index in [2.05, 4.69) is 0 Å². The number of ether oxygens (including phenoxy) is 2.